The van der Waals surface area contributed by atoms with Gasteiger partial charge in [-0.15, -0.1) is 0 Å². The summed E-state index contributed by atoms with van der Waals surface area (Å²) in [5, 5.41) is 8.49. The minimum absolute atomic E-state index is 0.0752. The van der Waals surface area contributed by atoms with E-state index in [1.54, 1.807) is 13.8 Å². The van der Waals surface area contributed by atoms with Crippen LogP contribution < -0.4 is 0 Å². The Hall–Kier alpha value is -1.85. The van der Waals surface area contributed by atoms with Gasteiger partial charge in [0.2, 0.25) is 0 Å². The zero-order valence-electron chi connectivity index (χ0n) is 8.77. The number of rotatable bonds is 3. The van der Waals surface area contributed by atoms with E-state index in [9.17, 15) is 9.59 Å². The quantitative estimate of drug-likeness (QED) is 0.786. The Labute approximate surface area is 86.5 Å². The fourth-order valence-electron chi connectivity index (χ4n) is 1.00. The van der Waals surface area contributed by atoms with Gasteiger partial charge in [0.05, 0.1) is 5.69 Å². The summed E-state index contributed by atoms with van der Waals surface area (Å²) in [5.74, 6) is -1.13. The number of aliphatic carboxylic acids is 1. The molecule has 0 saturated carbocycles. The lowest BCUT2D eigenvalue weighted by atomic mass is 10.4. The van der Waals surface area contributed by atoms with E-state index >= 15 is 0 Å². The molecule has 6 nitrogen and oxygen atoms in total. The Morgan fingerprint density at radius 3 is 2.47 bits per heavy atom. The van der Waals surface area contributed by atoms with Gasteiger partial charge in [0.1, 0.15) is 12.3 Å². The second-order valence-electron chi connectivity index (χ2n) is 3.22. The number of likely N-dealkylation sites (N-methyl/N-ethyl adjacent to an activating group) is 1. The monoisotopic (exact) mass is 212 g/mol. The molecule has 0 bridgehead atoms. The number of nitrogens with zero attached hydrogens (tertiary/aromatic N) is 2. The highest BCUT2D eigenvalue weighted by molar-refractivity contribution is 5.91. The maximum Gasteiger partial charge on any atom is 0.323 e. The van der Waals surface area contributed by atoms with E-state index in [2.05, 4.69) is 4.98 Å². The minimum atomic E-state index is -1.08. The van der Waals surface area contributed by atoms with Crippen molar-refractivity contribution in [1.82, 2.24) is 9.88 Å². The van der Waals surface area contributed by atoms with E-state index in [4.69, 9.17) is 9.52 Å². The van der Waals surface area contributed by atoms with E-state index in [-0.39, 0.29) is 12.4 Å². The molecule has 0 radical (unpaired) electrons. The standard InChI is InChI=1S/C9H12N2O4/c1-5-6(2)15-8(10-5)9(14)11(3)4-7(12)13/h4H2,1-3H3,(H,12,13). The number of hydrogen-bond acceptors (Lipinski definition) is 4. The summed E-state index contributed by atoms with van der Waals surface area (Å²) in [6, 6.07) is 0. The van der Waals surface area contributed by atoms with Crippen molar-refractivity contribution in [1.29, 1.82) is 0 Å². The average molecular weight is 212 g/mol. The first-order valence-corrected chi connectivity index (χ1v) is 4.33. The summed E-state index contributed by atoms with van der Waals surface area (Å²) >= 11 is 0. The van der Waals surface area contributed by atoms with Gasteiger partial charge in [-0.3, -0.25) is 9.59 Å². The van der Waals surface area contributed by atoms with Crippen molar-refractivity contribution < 1.29 is 19.1 Å². The highest BCUT2D eigenvalue weighted by Crippen LogP contribution is 2.09. The molecule has 0 atom stereocenters. The molecule has 0 aliphatic heterocycles. The normalized spacial score (nSPS) is 10.1. The van der Waals surface area contributed by atoms with Gasteiger partial charge < -0.3 is 14.4 Å². The lowest BCUT2D eigenvalue weighted by Gasteiger charge is -2.11. The minimum Gasteiger partial charge on any atom is -0.480 e. The Balaban J connectivity index is 2.80. The molecule has 1 aromatic rings. The molecule has 6 heteroatoms. The van der Waals surface area contributed by atoms with Crippen LogP contribution in [0.15, 0.2) is 4.42 Å². The van der Waals surface area contributed by atoms with Crippen LogP contribution in [0.1, 0.15) is 22.1 Å². The van der Waals surface area contributed by atoms with Crippen LogP contribution in [0.3, 0.4) is 0 Å². The summed E-state index contributed by atoms with van der Waals surface area (Å²) in [6.07, 6.45) is 0. The van der Waals surface area contributed by atoms with Crippen molar-refractivity contribution in [3.8, 4) is 0 Å². The van der Waals surface area contributed by atoms with Crippen LogP contribution in [0.5, 0.6) is 0 Å². The van der Waals surface area contributed by atoms with Gasteiger partial charge in [0.25, 0.3) is 5.89 Å². The molecule has 0 spiro atoms. The topological polar surface area (TPSA) is 83.6 Å². The van der Waals surface area contributed by atoms with Crippen molar-refractivity contribution in [2.24, 2.45) is 0 Å². The largest absolute Gasteiger partial charge is 0.480 e. The smallest absolute Gasteiger partial charge is 0.323 e. The van der Waals surface area contributed by atoms with Crippen molar-refractivity contribution in [2.45, 2.75) is 13.8 Å². The summed E-state index contributed by atoms with van der Waals surface area (Å²) in [7, 11) is 1.38. The fourth-order valence-corrected chi connectivity index (χ4v) is 1.00. The second kappa shape index (κ2) is 4.12. The predicted molar refractivity (Wildman–Crippen MR) is 50.6 cm³/mol. The zero-order chi connectivity index (χ0) is 11.6. The number of aryl methyl sites for hydroxylation is 2. The zero-order valence-corrected chi connectivity index (χ0v) is 8.77. The molecular weight excluding hydrogens is 200 g/mol. The summed E-state index contributed by atoms with van der Waals surface area (Å²) in [6.45, 7) is 3.03. The van der Waals surface area contributed by atoms with Crippen molar-refractivity contribution in [3.05, 3.63) is 17.3 Å². The van der Waals surface area contributed by atoms with E-state index < -0.39 is 11.9 Å². The fraction of sp³-hybridized carbons (Fsp3) is 0.444. The van der Waals surface area contributed by atoms with Crippen LogP contribution in [0.2, 0.25) is 0 Å². The van der Waals surface area contributed by atoms with E-state index in [0.717, 1.165) is 4.90 Å². The first kappa shape index (κ1) is 11.2. The molecule has 0 fully saturated rings. The lowest BCUT2D eigenvalue weighted by Crippen LogP contribution is -2.32. The number of oxazole rings is 1. The molecule has 0 aliphatic rings. The van der Waals surface area contributed by atoms with Crippen LogP contribution >= 0.6 is 0 Å². The molecule has 82 valence electrons. The number of hydrogen-bond donors (Lipinski definition) is 1. The van der Waals surface area contributed by atoms with Crippen molar-refractivity contribution in [2.75, 3.05) is 13.6 Å². The van der Waals surface area contributed by atoms with E-state index in [0.29, 0.717) is 11.5 Å². The molecule has 1 amide bonds. The number of amides is 1. The molecule has 1 N–H and O–H groups in total. The molecule has 0 aromatic carbocycles. The van der Waals surface area contributed by atoms with Gasteiger partial charge in [-0.05, 0) is 13.8 Å². The second-order valence-corrected chi connectivity index (χ2v) is 3.22. The molecule has 0 unspecified atom stereocenters. The van der Waals surface area contributed by atoms with Crippen molar-refractivity contribution >= 4 is 11.9 Å². The third-order valence-corrected chi connectivity index (χ3v) is 1.93. The number of carboxylic acid groups (broad SMARTS) is 1. The molecule has 0 aliphatic carbocycles. The Morgan fingerprint density at radius 1 is 1.47 bits per heavy atom. The van der Waals surface area contributed by atoms with Gasteiger partial charge in [-0.1, -0.05) is 0 Å². The summed E-state index contributed by atoms with van der Waals surface area (Å²) in [4.78, 5) is 26.8. The van der Waals surface area contributed by atoms with E-state index in [1.807, 2.05) is 0 Å². The lowest BCUT2D eigenvalue weighted by molar-refractivity contribution is -0.137. The molecule has 15 heavy (non-hydrogen) atoms. The number of carbonyl (C=O) groups is 2. The highest BCUT2D eigenvalue weighted by Gasteiger charge is 2.20. The van der Waals surface area contributed by atoms with Crippen molar-refractivity contribution in [3.63, 3.8) is 0 Å². The highest BCUT2D eigenvalue weighted by atomic mass is 16.4. The van der Waals surface area contributed by atoms with Gasteiger partial charge in [0, 0.05) is 7.05 Å². The number of carbonyl (C=O) groups excluding carboxylic acids is 1. The first-order chi connectivity index (χ1) is 6.91. The van der Waals surface area contributed by atoms with Crippen LogP contribution in [-0.2, 0) is 4.79 Å². The third-order valence-electron chi connectivity index (χ3n) is 1.93. The Kier molecular flexibility index (Phi) is 3.08. The number of carboxylic acids is 1. The molecule has 1 rings (SSSR count). The van der Waals surface area contributed by atoms with Crippen LogP contribution in [0.25, 0.3) is 0 Å². The third kappa shape index (κ3) is 2.55. The van der Waals surface area contributed by atoms with Gasteiger partial charge >= 0.3 is 11.9 Å². The molecule has 1 heterocycles. The maximum absolute atomic E-state index is 11.6. The van der Waals surface area contributed by atoms with Gasteiger partial charge in [0.15, 0.2) is 0 Å². The van der Waals surface area contributed by atoms with Gasteiger partial charge in [-0.25, -0.2) is 4.98 Å². The molecule has 1 aromatic heterocycles. The SMILES string of the molecule is Cc1nc(C(=O)N(C)CC(=O)O)oc1C. The summed E-state index contributed by atoms with van der Waals surface area (Å²) < 4.78 is 5.08. The average Bonchev–Trinajstić information content (AvgIpc) is 2.44. The van der Waals surface area contributed by atoms with Gasteiger partial charge in [-0.2, -0.15) is 0 Å². The maximum atomic E-state index is 11.6. The summed E-state index contributed by atoms with van der Waals surface area (Å²) in [5.41, 5.74) is 0.627. The first-order valence-electron chi connectivity index (χ1n) is 4.33. The molecular formula is C9H12N2O4. The predicted octanol–water partition coefficient (Wildman–Crippen LogP) is 0.448. The van der Waals surface area contributed by atoms with Crippen LogP contribution in [0.4, 0.5) is 0 Å². The molecule has 0 saturated heterocycles. The Morgan fingerprint density at radius 2 is 2.07 bits per heavy atom. The van der Waals surface area contributed by atoms with Crippen LogP contribution in [-0.4, -0.2) is 40.5 Å². The van der Waals surface area contributed by atoms with Crippen LogP contribution in [0, 0.1) is 13.8 Å². The Bertz CT molecular complexity index is 377. The number of aromatic nitrogens is 1. The van der Waals surface area contributed by atoms with E-state index in [1.165, 1.54) is 7.05 Å².